The molecular formula is C17H23N3O4. The second kappa shape index (κ2) is 8.01. The fourth-order valence-corrected chi connectivity index (χ4v) is 2.85. The Labute approximate surface area is 141 Å². The Morgan fingerprint density at radius 2 is 1.46 bits per heavy atom. The summed E-state index contributed by atoms with van der Waals surface area (Å²) in [4.78, 5) is 30.0. The summed E-state index contributed by atoms with van der Waals surface area (Å²) in [7, 11) is 0. The summed E-state index contributed by atoms with van der Waals surface area (Å²) in [6.45, 7) is 4.73. The molecule has 2 aliphatic heterocycles. The molecule has 1 aromatic rings. The van der Waals surface area contributed by atoms with Crippen LogP contribution in [-0.4, -0.2) is 85.7 Å². The highest BCUT2D eigenvalue weighted by molar-refractivity contribution is 5.79. The van der Waals surface area contributed by atoms with Crippen LogP contribution in [-0.2, 0) is 9.53 Å². The molecule has 2 heterocycles. The molecule has 130 valence electrons. The highest BCUT2D eigenvalue weighted by Crippen LogP contribution is 2.10. The zero-order valence-corrected chi connectivity index (χ0v) is 13.7. The van der Waals surface area contributed by atoms with Crippen LogP contribution in [0.25, 0.3) is 0 Å². The van der Waals surface area contributed by atoms with E-state index >= 15 is 0 Å². The van der Waals surface area contributed by atoms with Crippen LogP contribution in [0, 0.1) is 0 Å². The quantitative estimate of drug-likeness (QED) is 0.815. The monoisotopic (exact) mass is 333 g/mol. The molecule has 0 saturated carbocycles. The van der Waals surface area contributed by atoms with Crippen molar-refractivity contribution in [3.05, 3.63) is 30.3 Å². The van der Waals surface area contributed by atoms with E-state index in [0.717, 1.165) is 0 Å². The smallest absolute Gasteiger partial charge is 0.320 e. The van der Waals surface area contributed by atoms with Gasteiger partial charge in [0.2, 0.25) is 0 Å². The number of hydrogen-bond donors (Lipinski definition) is 0. The molecule has 2 fully saturated rings. The van der Waals surface area contributed by atoms with Gasteiger partial charge in [-0.15, -0.1) is 0 Å². The number of rotatable bonds is 3. The summed E-state index contributed by atoms with van der Waals surface area (Å²) < 4.78 is 10.8. The molecule has 7 heteroatoms. The minimum Gasteiger partial charge on any atom is -0.484 e. The van der Waals surface area contributed by atoms with Gasteiger partial charge < -0.3 is 24.2 Å². The summed E-state index contributed by atoms with van der Waals surface area (Å²) >= 11 is 0. The lowest BCUT2D eigenvalue weighted by Gasteiger charge is -2.38. The number of ether oxygens (including phenoxy) is 2. The Morgan fingerprint density at radius 3 is 2.12 bits per heavy atom. The van der Waals surface area contributed by atoms with Crippen LogP contribution >= 0.6 is 0 Å². The maximum atomic E-state index is 12.4. The van der Waals surface area contributed by atoms with Gasteiger partial charge in [0, 0.05) is 39.3 Å². The first-order valence-corrected chi connectivity index (χ1v) is 8.31. The van der Waals surface area contributed by atoms with Crippen molar-refractivity contribution in [3.8, 4) is 5.75 Å². The predicted octanol–water partition coefficient (Wildman–Crippen LogP) is 0.662. The van der Waals surface area contributed by atoms with Crippen LogP contribution in [0.5, 0.6) is 5.75 Å². The fourth-order valence-electron chi connectivity index (χ4n) is 2.85. The first-order chi connectivity index (χ1) is 11.7. The summed E-state index contributed by atoms with van der Waals surface area (Å²) in [6.07, 6.45) is 0. The standard InChI is InChI=1S/C17H23N3O4/c21-16(14-24-15-4-2-1-3-5-15)18-6-8-19(9-7-18)17(22)20-10-12-23-13-11-20/h1-5H,6-14H2. The zero-order valence-electron chi connectivity index (χ0n) is 13.7. The molecule has 2 aliphatic rings. The van der Waals surface area contributed by atoms with Crippen LogP contribution in [0.3, 0.4) is 0 Å². The highest BCUT2D eigenvalue weighted by Gasteiger charge is 2.28. The molecule has 0 spiro atoms. The lowest BCUT2D eigenvalue weighted by molar-refractivity contribution is -0.134. The lowest BCUT2D eigenvalue weighted by Crippen LogP contribution is -2.56. The van der Waals surface area contributed by atoms with E-state index in [9.17, 15) is 9.59 Å². The van der Waals surface area contributed by atoms with Gasteiger partial charge in [-0.25, -0.2) is 4.79 Å². The van der Waals surface area contributed by atoms with Gasteiger partial charge in [0.25, 0.3) is 5.91 Å². The minimum atomic E-state index is -0.0441. The van der Waals surface area contributed by atoms with Crippen LogP contribution in [0.15, 0.2) is 30.3 Å². The number of amides is 3. The Bertz CT molecular complexity index is 552. The molecule has 0 bridgehead atoms. The summed E-state index contributed by atoms with van der Waals surface area (Å²) in [5.41, 5.74) is 0. The van der Waals surface area contributed by atoms with E-state index in [1.165, 1.54) is 0 Å². The summed E-state index contributed by atoms with van der Waals surface area (Å²) in [6, 6.07) is 9.34. The number of urea groups is 1. The minimum absolute atomic E-state index is 0.0292. The third-order valence-electron chi connectivity index (χ3n) is 4.29. The maximum Gasteiger partial charge on any atom is 0.320 e. The zero-order chi connectivity index (χ0) is 16.8. The Morgan fingerprint density at radius 1 is 0.875 bits per heavy atom. The number of piperazine rings is 1. The van der Waals surface area contributed by atoms with Gasteiger partial charge in [0.15, 0.2) is 6.61 Å². The Hall–Kier alpha value is -2.28. The average molecular weight is 333 g/mol. The van der Waals surface area contributed by atoms with Crippen LogP contribution in [0.1, 0.15) is 0 Å². The van der Waals surface area contributed by atoms with Gasteiger partial charge in [-0.1, -0.05) is 18.2 Å². The SMILES string of the molecule is O=C(COc1ccccc1)N1CCN(C(=O)N2CCOCC2)CC1. The van der Waals surface area contributed by atoms with Gasteiger partial charge >= 0.3 is 6.03 Å². The average Bonchev–Trinajstić information content (AvgIpc) is 2.67. The second-order valence-corrected chi connectivity index (χ2v) is 5.85. The van der Waals surface area contributed by atoms with Gasteiger partial charge in [-0.2, -0.15) is 0 Å². The van der Waals surface area contributed by atoms with E-state index in [2.05, 4.69) is 0 Å². The van der Waals surface area contributed by atoms with E-state index in [1.54, 1.807) is 4.90 Å². The van der Waals surface area contributed by atoms with E-state index < -0.39 is 0 Å². The number of para-hydroxylation sites is 1. The molecule has 0 atom stereocenters. The predicted molar refractivity (Wildman–Crippen MR) is 87.9 cm³/mol. The van der Waals surface area contributed by atoms with Gasteiger partial charge in [0.05, 0.1) is 13.2 Å². The summed E-state index contributed by atoms with van der Waals surface area (Å²) in [5.74, 6) is 0.643. The van der Waals surface area contributed by atoms with Gasteiger partial charge in [0.1, 0.15) is 5.75 Å². The number of benzene rings is 1. The molecule has 2 saturated heterocycles. The van der Waals surface area contributed by atoms with Crippen molar-refractivity contribution < 1.29 is 19.1 Å². The molecule has 3 amide bonds. The van der Waals surface area contributed by atoms with Crippen molar-refractivity contribution in [1.29, 1.82) is 0 Å². The fraction of sp³-hybridized carbons (Fsp3) is 0.529. The number of carbonyl (C=O) groups is 2. The number of morpholine rings is 1. The molecule has 0 aliphatic carbocycles. The molecule has 24 heavy (non-hydrogen) atoms. The van der Waals surface area contributed by atoms with Crippen LogP contribution in [0.4, 0.5) is 4.79 Å². The third-order valence-corrected chi connectivity index (χ3v) is 4.29. The Balaban J connectivity index is 1.42. The van der Waals surface area contributed by atoms with Crippen molar-refractivity contribution >= 4 is 11.9 Å². The van der Waals surface area contributed by atoms with Crippen molar-refractivity contribution in [2.24, 2.45) is 0 Å². The first kappa shape index (κ1) is 16.6. The van der Waals surface area contributed by atoms with Crippen molar-refractivity contribution in [2.45, 2.75) is 0 Å². The first-order valence-electron chi connectivity index (χ1n) is 8.31. The maximum absolute atomic E-state index is 12.4. The van der Waals surface area contributed by atoms with Crippen LogP contribution in [0.2, 0.25) is 0 Å². The van der Waals surface area contributed by atoms with Crippen molar-refractivity contribution in [1.82, 2.24) is 14.7 Å². The van der Waals surface area contributed by atoms with Crippen LogP contribution < -0.4 is 4.74 Å². The second-order valence-electron chi connectivity index (χ2n) is 5.85. The summed E-state index contributed by atoms with van der Waals surface area (Å²) in [5, 5.41) is 0. The molecule has 7 nitrogen and oxygen atoms in total. The molecule has 1 aromatic carbocycles. The molecule has 0 N–H and O–H groups in total. The van der Waals surface area contributed by atoms with Crippen molar-refractivity contribution in [2.75, 3.05) is 59.1 Å². The van der Waals surface area contributed by atoms with Gasteiger partial charge in [-0.3, -0.25) is 4.79 Å². The van der Waals surface area contributed by atoms with E-state index in [-0.39, 0.29) is 18.5 Å². The third kappa shape index (κ3) is 4.17. The molecular weight excluding hydrogens is 310 g/mol. The van der Waals surface area contributed by atoms with Gasteiger partial charge in [-0.05, 0) is 12.1 Å². The van der Waals surface area contributed by atoms with E-state index in [4.69, 9.17) is 9.47 Å². The topological polar surface area (TPSA) is 62.3 Å². The molecule has 0 unspecified atom stereocenters. The Kier molecular flexibility index (Phi) is 5.53. The largest absolute Gasteiger partial charge is 0.484 e. The molecule has 0 aromatic heterocycles. The van der Waals surface area contributed by atoms with E-state index in [0.29, 0.717) is 58.2 Å². The van der Waals surface area contributed by atoms with Crippen molar-refractivity contribution in [3.63, 3.8) is 0 Å². The number of nitrogens with zero attached hydrogens (tertiary/aromatic N) is 3. The molecule has 3 rings (SSSR count). The normalized spacial score (nSPS) is 18.4. The number of carbonyl (C=O) groups excluding carboxylic acids is 2. The highest BCUT2D eigenvalue weighted by atomic mass is 16.5. The number of hydrogen-bond acceptors (Lipinski definition) is 4. The van der Waals surface area contributed by atoms with E-state index in [1.807, 2.05) is 40.1 Å². The lowest BCUT2D eigenvalue weighted by atomic mass is 10.3. The molecule has 0 radical (unpaired) electrons.